The van der Waals surface area contributed by atoms with Gasteiger partial charge >= 0.3 is 6.09 Å². The van der Waals surface area contributed by atoms with Crippen LogP contribution in [-0.4, -0.2) is 32.5 Å². The summed E-state index contributed by atoms with van der Waals surface area (Å²) in [5.74, 6) is 1.72. The van der Waals surface area contributed by atoms with E-state index in [-0.39, 0.29) is 12.2 Å². The van der Waals surface area contributed by atoms with Crippen LogP contribution >= 0.6 is 0 Å². The first-order chi connectivity index (χ1) is 9.04. The molecule has 0 saturated heterocycles. The monoisotopic (exact) mass is 271 g/mol. The van der Waals surface area contributed by atoms with Crippen LogP contribution < -0.4 is 5.32 Å². The Balaban J connectivity index is 2.36. The van der Waals surface area contributed by atoms with E-state index in [0.717, 1.165) is 12.8 Å². The summed E-state index contributed by atoms with van der Waals surface area (Å²) in [7, 11) is 1.66. The quantitative estimate of drug-likeness (QED) is 0.755. The lowest BCUT2D eigenvalue weighted by atomic mass is 9.75. The van der Waals surface area contributed by atoms with Crippen LogP contribution in [0.1, 0.15) is 46.5 Å². The Morgan fingerprint density at radius 3 is 2.74 bits per heavy atom. The van der Waals surface area contributed by atoms with Crippen molar-refractivity contribution >= 4 is 6.09 Å². The van der Waals surface area contributed by atoms with Crippen molar-refractivity contribution in [2.45, 2.75) is 52.6 Å². The van der Waals surface area contributed by atoms with E-state index in [2.05, 4.69) is 26.1 Å². The van der Waals surface area contributed by atoms with Crippen LogP contribution in [0.5, 0.6) is 0 Å². The lowest BCUT2D eigenvalue weighted by molar-refractivity contribution is 0.00609. The Labute approximate surface area is 117 Å². The van der Waals surface area contributed by atoms with Crippen LogP contribution in [0, 0.1) is 17.8 Å². The van der Waals surface area contributed by atoms with Crippen molar-refractivity contribution in [2.75, 3.05) is 20.3 Å². The number of hydrogen-bond acceptors (Lipinski definition) is 3. The predicted octanol–water partition coefficient (Wildman–Crippen LogP) is 3.21. The second-order valence-electron chi connectivity index (χ2n) is 6.04. The molecule has 19 heavy (non-hydrogen) atoms. The van der Waals surface area contributed by atoms with Crippen LogP contribution in [0.3, 0.4) is 0 Å². The maximum absolute atomic E-state index is 11.8. The van der Waals surface area contributed by atoms with E-state index in [1.807, 2.05) is 0 Å². The SMILES string of the molecule is COCCCNC(=O)O[C@@H]1C[C@H](C)CC[C@H]1C(C)C. The summed E-state index contributed by atoms with van der Waals surface area (Å²) in [5, 5.41) is 2.80. The zero-order valence-electron chi connectivity index (χ0n) is 12.8. The fourth-order valence-electron chi connectivity index (χ4n) is 2.84. The average Bonchev–Trinajstić information content (AvgIpc) is 2.34. The number of nitrogens with one attached hydrogen (secondary N) is 1. The van der Waals surface area contributed by atoms with Crippen molar-refractivity contribution in [3.63, 3.8) is 0 Å². The number of hydrogen-bond donors (Lipinski definition) is 1. The molecule has 1 saturated carbocycles. The smallest absolute Gasteiger partial charge is 0.407 e. The highest BCUT2D eigenvalue weighted by Crippen LogP contribution is 2.35. The third-order valence-electron chi connectivity index (χ3n) is 4.01. The molecule has 0 bridgehead atoms. The van der Waals surface area contributed by atoms with Gasteiger partial charge in [0, 0.05) is 20.3 Å². The van der Waals surface area contributed by atoms with Crippen molar-refractivity contribution in [1.82, 2.24) is 5.32 Å². The number of carbonyl (C=O) groups is 1. The third-order valence-corrected chi connectivity index (χ3v) is 4.01. The number of rotatable bonds is 6. The first kappa shape index (κ1) is 16.3. The van der Waals surface area contributed by atoms with Crippen molar-refractivity contribution < 1.29 is 14.3 Å². The van der Waals surface area contributed by atoms with E-state index < -0.39 is 0 Å². The molecule has 112 valence electrons. The molecule has 0 aromatic carbocycles. The fourth-order valence-corrected chi connectivity index (χ4v) is 2.84. The van der Waals surface area contributed by atoms with Gasteiger partial charge in [-0.05, 0) is 37.0 Å². The summed E-state index contributed by atoms with van der Waals surface area (Å²) >= 11 is 0. The maximum atomic E-state index is 11.8. The van der Waals surface area contributed by atoms with Gasteiger partial charge < -0.3 is 14.8 Å². The van der Waals surface area contributed by atoms with Crippen LogP contribution in [0.15, 0.2) is 0 Å². The number of alkyl carbamates (subject to hydrolysis) is 1. The Morgan fingerprint density at radius 1 is 1.37 bits per heavy atom. The van der Waals surface area contributed by atoms with Crippen LogP contribution in [0.4, 0.5) is 4.79 Å². The van der Waals surface area contributed by atoms with Crippen molar-refractivity contribution in [2.24, 2.45) is 17.8 Å². The molecule has 4 heteroatoms. The summed E-state index contributed by atoms with van der Waals surface area (Å²) in [5.41, 5.74) is 0. The molecule has 0 heterocycles. The standard InChI is InChI=1S/C15H29NO3/c1-11(2)13-7-6-12(3)10-14(13)19-15(17)16-8-5-9-18-4/h11-14H,5-10H2,1-4H3,(H,16,17)/t12-,13+,14-/m1/s1. The van der Waals surface area contributed by atoms with Gasteiger partial charge in [0.25, 0.3) is 0 Å². The Kier molecular flexibility index (Phi) is 7.21. The molecule has 1 fully saturated rings. The zero-order valence-corrected chi connectivity index (χ0v) is 12.8. The molecule has 3 atom stereocenters. The highest BCUT2D eigenvalue weighted by atomic mass is 16.6. The van der Waals surface area contributed by atoms with Gasteiger partial charge in [0.05, 0.1) is 0 Å². The zero-order chi connectivity index (χ0) is 14.3. The van der Waals surface area contributed by atoms with Gasteiger partial charge in [-0.1, -0.05) is 27.2 Å². The number of amides is 1. The molecule has 0 radical (unpaired) electrons. The molecular formula is C15H29NO3. The molecule has 1 aliphatic carbocycles. The lowest BCUT2D eigenvalue weighted by Gasteiger charge is -2.36. The van der Waals surface area contributed by atoms with Gasteiger partial charge in [0.15, 0.2) is 0 Å². The maximum Gasteiger partial charge on any atom is 0.407 e. The average molecular weight is 271 g/mol. The number of carbonyl (C=O) groups excluding carboxylic acids is 1. The first-order valence-electron chi connectivity index (χ1n) is 7.48. The minimum atomic E-state index is -0.277. The first-order valence-corrected chi connectivity index (χ1v) is 7.48. The Hall–Kier alpha value is -0.770. The van der Waals surface area contributed by atoms with Gasteiger partial charge in [0.2, 0.25) is 0 Å². The molecule has 1 amide bonds. The highest BCUT2D eigenvalue weighted by Gasteiger charge is 2.33. The molecule has 0 aromatic heterocycles. The summed E-state index contributed by atoms with van der Waals surface area (Å²) in [6.45, 7) is 7.95. The van der Waals surface area contributed by atoms with E-state index in [9.17, 15) is 4.79 Å². The summed E-state index contributed by atoms with van der Waals surface area (Å²) in [4.78, 5) is 11.8. The Bertz CT molecular complexity index is 268. The van der Waals surface area contributed by atoms with E-state index in [1.165, 1.54) is 12.8 Å². The fraction of sp³-hybridized carbons (Fsp3) is 0.933. The summed E-state index contributed by atoms with van der Waals surface area (Å²) in [6, 6.07) is 0. The normalized spacial score (nSPS) is 27.3. The topological polar surface area (TPSA) is 47.6 Å². The molecule has 4 nitrogen and oxygen atoms in total. The van der Waals surface area contributed by atoms with E-state index >= 15 is 0 Å². The van der Waals surface area contributed by atoms with E-state index in [0.29, 0.717) is 30.9 Å². The lowest BCUT2D eigenvalue weighted by Crippen LogP contribution is -2.39. The van der Waals surface area contributed by atoms with Gasteiger partial charge in [-0.25, -0.2) is 4.79 Å². The second kappa shape index (κ2) is 8.41. The highest BCUT2D eigenvalue weighted by molar-refractivity contribution is 5.67. The molecule has 0 unspecified atom stereocenters. The molecule has 0 aliphatic heterocycles. The Morgan fingerprint density at radius 2 is 2.11 bits per heavy atom. The third kappa shape index (κ3) is 5.81. The van der Waals surface area contributed by atoms with Gasteiger partial charge in [-0.3, -0.25) is 0 Å². The largest absolute Gasteiger partial charge is 0.446 e. The van der Waals surface area contributed by atoms with Crippen molar-refractivity contribution in [1.29, 1.82) is 0 Å². The molecule has 1 N–H and O–H groups in total. The molecular weight excluding hydrogens is 242 g/mol. The summed E-state index contributed by atoms with van der Waals surface area (Å²) < 4.78 is 10.6. The van der Waals surface area contributed by atoms with Crippen molar-refractivity contribution in [3.05, 3.63) is 0 Å². The number of ether oxygens (including phenoxy) is 2. The minimum Gasteiger partial charge on any atom is -0.446 e. The van der Waals surface area contributed by atoms with Gasteiger partial charge in [-0.2, -0.15) is 0 Å². The number of methoxy groups -OCH3 is 1. The van der Waals surface area contributed by atoms with Crippen LogP contribution in [-0.2, 0) is 9.47 Å². The van der Waals surface area contributed by atoms with Gasteiger partial charge in [0.1, 0.15) is 6.10 Å². The van der Waals surface area contributed by atoms with Gasteiger partial charge in [-0.15, -0.1) is 0 Å². The minimum absolute atomic E-state index is 0.0752. The molecule has 0 spiro atoms. The molecule has 0 aromatic rings. The van der Waals surface area contributed by atoms with Crippen LogP contribution in [0.2, 0.25) is 0 Å². The van der Waals surface area contributed by atoms with E-state index in [4.69, 9.17) is 9.47 Å². The summed E-state index contributed by atoms with van der Waals surface area (Å²) in [6.07, 6.45) is 4.03. The van der Waals surface area contributed by atoms with E-state index in [1.54, 1.807) is 7.11 Å². The van der Waals surface area contributed by atoms with Crippen molar-refractivity contribution in [3.8, 4) is 0 Å². The molecule has 1 aliphatic rings. The molecule has 1 rings (SSSR count). The van der Waals surface area contributed by atoms with Crippen LogP contribution in [0.25, 0.3) is 0 Å². The second-order valence-corrected chi connectivity index (χ2v) is 6.04. The predicted molar refractivity (Wildman–Crippen MR) is 76.1 cm³/mol.